The van der Waals surface area contributed by atoms with E-state index in [1.165, 1.54) is 0 Å². The molecule has 0 aliphatic heterocycles. The number of benzene rings is 1. The predicted octanol–water partition coefficient (Wildman–Crippen LogP) is 1.62. The molecular formula is C15H20N2O3. The van der Waals surface area contributed by atoms with E-state index >= 15 is 0 Å². The van der Waals surface area contributed by atoms with Crippen LogP contribution in [0.3, 0.4) is 0 Å². The molecule has 1 heterocycles. The zero-order valence-electron chi connectivity index (χ0n) is 11.6. The Hall–Kier alpha value is -1.85. The lowest BCUT2D eigenvalue weighted by atomic mass is 10.1. The van der Waals surface area contributed by atoms with Crippen LogP contribution < -0.4 is 5.73 Å². The molecule has 0 saturated heterocycles. The highest BCUT2D eigenvalue weighted by Gasteiger charge is 2.17. The summed E-state index contributed by atoms with van der Waals surface area (Å²) in [6.07, 6.45) is 2.34. The van der Waals surface area contributed by atoms with E-state index in [0.29, 0.717) is 19.6 Å². The molecule has 0 fully saturated rings. The van der Waals surface area contributed by atoms with Crippen molar-refractivity contribution in [2.24, 2.45) is 5.73 Å². The lowest BCUT2D eigenvalue weighted by Crippen LogP contribution is -2.35. The normalized spacial score (nSPS) is 12.5. The third-order valence-electron chi connectivity index (χ3n) is 3.09. The number of carbonyl (C=O) groups excluding carboxylic acids is 1. The molecule has 0 radical (unpaired) electrons. The molecule has 1 aromatic heterocycles. The van der Waals surface area contributed by atoms with Crippen molar-refractivity contribution >= 4 is 16.9 Å². The second kappa shape index (κ2) is 7.07. The van der Waals surface area contributed by atoms with E-state index in [2.05, 4.69) is 4.98 Å². The molecule has 0 unspecified atom stereocenters. The fourth-order valence-corrected chi connectivity index (χ4v) is 2.07. The van der Waals surface area contributed by atoms with Gasteiger partial charge in [0.25, 0.3) is 0 Å². The smallest absolute Gasteiger partial charge is 0.323 e. The Kier molecular flexibility index (Phi) is 5.15. The van der Waals surface area contributed by atoms with E-state index in [1.807, 2.05) is 37.4 Å². The summed E-state index contributed by atoms with van der Waals surface area (Å²) >= 11 is 0. The van der Waals surface area contributed by atoms with Crippen LogP contribution in [-0.4, -0.2) is 36.8 Å². The van der Waals surface area contributed by atoms with E-state index in [0.717, 1.165) is 16.5 Å². The first kappa shape index (κ1) is 14.6. The van der Waals surface area contributed by atoms with Crippen LogP contribution >= 0.6 is 0 Å². The first-order valence-corrected chi connectivity index (χ1v) is 6.77. The van der Waals surface area contributed by atoms with Crippen molar-refractivity contribution in [1.82, 2.24) is 4.98 Å². The quantitative estimate of drug-likeness (QED) is 0.595. The molecule has 5 nitrogen and oxygen atoms in total. The van der Waals surface area contributed by atoms with Crippen molar-refractivity contribution in [3.8, 4) is 0 Å². The van der Waals surface area contributed by atoms with Gasteiger partial charge in [-0.3, -0.25) is 4.79 Å². The van der Waals surface area contributed by atoms with Gasteiger partial charge in [0.1, 0.15) is 12.6 Å². The molecule has 108 valence electrons. The van der Waals surface area contributed by atoms with E-state index in [4.69, 9.17) is 15.2 Å². The minimum atomic E-state index is -0.657. The van der Waals surface area contributed by atoms with Gasteiger partial charge in [-0.15, -0.1) is 0 Å². The summed E-state index contributed by atoms with van der Waals surface area (Å²) in [5, 5.41) is 1.09. The van der Waals surface area contributed by atoms with E-state index in [1.54, 1.807) is 0 Å². The zero-order chi connectivity index (χ0) is 14.4. The van der Waals surface area contributed by atoms with Crippen molar-refractivity contribution < 1.29 is 14.3 Å². The van der Waals surface area contributed by atoms with Crippen LogP contribution in [0.4, 0.5) is 0 Å². The molecule has 0 aliphatic rings. The van der Waals surface area contributed by atoms with E-state index in [-0.39, 0.29) is 6.61 Å². The monoisotopic (exact) mass is 276 g/mol. The van der Waals surface area contributed by atoms with Crippen LogP contribution in [0.25, 0.3) is 10.9 Å². The van der Waals surface area contributed by atoms with Gasteiger partial charge in [-0.25, -0.2) is 0 Å². The number of hydrogen-bond donors (Lipinski definition) is 2. The standard InChI is InChI=1S/C15H20N2O3/c1-2-19-7-8-20-15(18)13(16)9-11-10-17-14-6-4-3-5-12(11)14/h3-6,10,13,17H,2,7-9,16H2,1H3/t13-/m0/s1. The molecule has 0 amide bonds. The minimum absolute atomic E-state index is 0.244. The van der Waals surface area contributed by atoms with Gasteiger partial charge >= 0.3 is 5.97 Å². The number of nitrogens with one attached hydrogen (secondary N) is 1. The average Bonchev–Trinajstić information content (AvgIpc) is 2.87. The van der Waals surface area contributed by atoms with Gasteiger partial charge in [0.05, 0.1) is 6.61 Å². The number of ether oxygens (including phenoxy) is 2. The summed E-state index contributed by atoms with van der Waals surface area (Å²) < 4.78 is 10.2. The number of hydrogen-bond acceptors (Lipinski definition) is 4. The Morgan fingerprint density at radius 3 is 2.95 bits per heavy atom. The molecule has 0 saturated carbocycles. The lowest BCUT2D eigenvalue weighted by molar-refractivity contribution is -0.146. The number of fused-ring (bicyclic) bond motifs is 1. The number of aromatic amines is 1. The predicted molar refractivity (Wildman–Crippen MR) is 77.4 cm³/mol. The molecule has 5 heteroatoms. The topological polar surface area (TPSA) is 77.3 Å². The van der Waals surface area contributed by atoms with Crippen molar-refractivity contribution in [2.45, 2.75) is 19.4 Å². The maximum absolute atomic E-state index is 11.8. The zero-order valence-corrected chi connectivity index (χ0v) is 11.6. The van der Waals surface area contributed by atoms with Crippen molar-refractivity contribution in [2.75, 3.05) is 19.8 Å². The van der Waals surface area contributed by atoms with Gasteiger partial charge in [0, 0.05) is 30.1 Å². The van der Waals surface area contributed by atoms with Crippen LogP contribution in [0.2, 0.25) is 0 Å². The van der Waals surface area contributed by atoms with Gasteiger partial charge in [0.2, 0.25) is 0 Å². The molecule has 0 bridgehead atoms. The number of aromatic nitrogens is 1. The third-order valence-corrected chi connectivity index (χ3v) is 3.09. The highest BCUT2D eigenvalue weighted by Crippen LogP contribution is 2.18. The summed E-state index contributed by atoms with van der Waals surface area (Å²) in [5.74, 6) is -0.394. The Labute approximate surface area is 118 Å². The fourth-order valence-electron chi connectivity index (χ4n) is 2.07. The molecule has 1 atom stereocenters. The highest BCUT2D eigenvalue weighted by molar-refractivity contribution is 5.84. The maximum atomic E-state index is 11.8. The minimum Gasteiger partial charge on any atom is -0.462 e. The Morgan fingerprint density at radius 1 is 1.35 bits per heavy atom. The van der Waals surface area contributed by atoms with Gasteiger partial charge < -0.3 is 20.2 Å². The second-order valence-electron chi connectivity index (χ2n) is 4.53. The number of para-hydroxylation sites is 1. The molecule has 2 rings (SSSR count). The number of rotatable bonds is 7. The summed E-state index contributed by atoms with van der Waals surface area (Å²) in [5.41, 5.74) is 7.95. The van der Waals surface area contributed by atoms with E-state index in [9.17, 15) is 4.79 Å². The largest absolute Gasteiger partial charge is 0.462 e. The molecule has 20 heavy (non-hydrogen) atoms. The second-order valence-corrected chi connectivity index (χ2v) is 4.53. The average molecular weight is 276 g/mol. The first-order chi connectivity index (χ1) is 9.72. The molecule has 0 aliphatic carbocycles. The maximum Gasteiger partial charge on any atom is 0.323 e. The summed E-state index contributed by atoms with van der Waals surface area (Å²) in [6, 6.07) is 7.27. The van der Waals surface area contributed by atoms with Crippen LogP contribution in [-0.2, 0) is 20.7 Å². The van der Waals surface area contributed by atoms with E-state index < -0.39 is 12.0 Å². The van der Waals surface area contributed by atoms with Gasteiger partial charge in [-0.1, -0.05) is 18.2 Å². The molecule has 1 aromatic carbocycles. The Bertz CT molecular complexity index is 565. The number of carbonyl (C=O) groups is 1. The van der Waals surface area contributed by atoms with Crippen molar-refractivity contribution in [3.05, 3.63) is 36.0 Å². The summed E-state index contributed by atoms with van der Waals surface area (Å²) in [6.45, 7) is 3.15. The third kappa shape index (κ3) is 3.59. The summed E-state index contributed by atoms with van der Waals surface area (Å²) in [4.78, 5) is 14.9. The Balaban J connectivity index is 1.90. The molecule has 2 aromatic rings. The van der Waals surface area contributed by atoms with Gasteiger partial charge in [-0.2, -0.15) is 0 Å². The number of esters is 1. The van der Waals surface area contributed by atoms with Crippen LogP contribution in [0.15, 0.2) is 30.5 Å². The van der Waals surface area contributed by atoms with Gasteiger partial charge in [0.15, 0.2) is 0 Å². The first-order valence-electron chi connectivity index (χ1n) is 6.77. The van der Waals surface area contributed by atoms with Crippen molar-refractivity contribution in [1.29, 1.82) is 0 Å². The van der Waals surface area contributed by atoms with Crippen LogP contribution in [0.5, 0.6) is 0 Å². The number of nitrogens with two attached hydrogens (primary N) is 1. The lowest BCUT2D eigenvalue weighted by Gasteiger charge is -2.11. The molecule has 3 N–H and O–H groups in total. The Morgan fingerprint density at radius 2 is 2.15 bits per heavy atom. The fraction of sp³-hybridized carbons (Fsp3) is 0.400. The highest BCUT2D eigenvalue weighted by atomic mass is 16.6. The molecular weight excluding hydrogens is 256 g/mol. The molecule has 0 spiro atoms. The number of H-pyrrole nitrogens is 1. The van der Waals surface area contributed by atoms with Gasteiger partial charge in [-0.05, 0) is 18.6 Å². The van der Waals surface area contributed by atoms with Crippen molar-refractivity contribution in [3.63, 3.8) is 0 Å². The van der Waals surface area contributed by atoms with Crippen LogP contribution in [0, 0.1) is 0 Å². The summed E-state index contributed by atoms with van der Waals surface area (Å²) in [7, 11) is 0. The SMILES string of the molecule is CCOCCOC(=O)[C@@H](N)Cc1c[nH]c2ccccc12. The van der Waals surface area contributed by atoms with Crippen LogP contribution in [0.1, 0.15) is 12.5 Å².